The molecule has 0 bridgehead atoms. The Bertz CT molecular complexity index is 539. The predicted molar refractivity (Wildman–Crippen MR) is 91.0 cm³/mol. The van der Waals surface area contributed by atoms with Gasteiger partial charge in [0.2, 0.25) is 0 Å². The Labute approximate surface area is 139 Å². The van der Waals surface area contributed by atoms with Gasteiger partial charge in [-0.1, -0.05) is 44.2 Å². The Morgan fingerprint density at radius 1 is 1.13 bits per heavy atom. The van der Waals surface area contributed by atoms with Crippen LogP contribution in [-0.4, -0.2) is 24.3 Å². The van der Waals surface area contributed by atoms with Crippen LogP contribution in [0.4, 0.5) is 0 Å². The van der Waals surface area contributed by atoms with E-state index in [0.717, 1.165) is 5.56 Å². The summed E-state index contributed by atoms with van der Waals surface area (Å²) in [6.07, 6.45) is 0.581. The lowest BCUT2D eigenvalue weighted by atomic mass is 9.57. The smallest absolute Gasteiger partial charge is 0.461 e. The van der Waals surface area contributed by atoms with Crippen LogP contribution < -0.4 is 0 Å². The van der Waals surface area contributed by atoms with Crippen molar-refractivity contribution in [3.63, 3.8) is 0 Å². The summed E-state index contributed by atoms with van der Waals surface area (Å²) in [5, 5.41) is -0.834. The zero-order valence-corrected chi connectivity index (χ0v) is 15.0. The van der Waals surface area contributed by atoms with Gasteiger partial charge in [-0.2, -0.15) is 0 Å². The first kappa shape index (κ1) is 18.0. The molecule has 1 heterocycles. The highest BCUT2D eigenvalue weighted by Crippen LogP contribution is 2.47. The number of esters is 1. The van der Waals surface area contributed by atoms with Crippen molar-refractivity contribution in [1.29, 1.82) is 0 Å². The molecule has 1 aromatic carbocycles. The highest BCUT2D eigenvalue weighted by molar-refractivity contribution is 6.55. The maximum Gasteiger partial charge on any atom is 0.475 e. The summed E-state index contributed by atoms with van der Waals surface area (Å²) in [5.41, 5.74) is 0.0370. The van der Waals surface area contributed by atoms with Crippen molar-refractivity contribution >= 4 is 13.1 Å². The minimum Gasteiger partial charge on any atom is -0.461 e. The Balaban J connectivity index is 2.09. The molecule has 0 amide bonds. The third-order valence-corrected chi connectivity index (χ3v) is 5.19. The molecule has 1 aliphatic heterocycles. The summed E-state index contributed by atoms with van der Waals surface area (Å²) in [6, 6.07) is 9.66. The van der Waals surface area contributed by atoms with Crippen LogP contribution in [0.15, 0.2) is 30.3 Å². The SMILES string of the molecule is CCC(C)(B1OC(C)(C)C(C)(C)O1)C(=O)OCc1ccccc1. The van der Waals surface area contributed by atoms with Gasteiger partial charge in [0.15, 0.2) is 0 Å². The largest absolute Gasteiger partial charge is 0.475 e. The fourth-order valence-electron chi connectivity index (χ4n) is 2.40. The summed E-state index contributed by atoms with van der Waals surface area (Å²) < 4.78 is 17.7. The molecule has 1 saturated heterocycles. The number of ether oxygens (including phenoxy) is 1. The van der Waals surface area contributed by atoms with E-state index in [4.69, 9.17) is 14.0 Å². The number of hydrogen-bond donors (Lipinski definition) is 0. The molecule has 0 spiro atoms. The zero-order valence-electron chi connectivity index (χ0n) is 15.0. The van der Waals surface area contributed by atoms with Crippen molar-refractivity contribution in [1.82, 2.24) is 0 Å². The second-order valence-electron chi connectivity index (χ2n) is 7.42. The molecule has 1 aliphatic rings. The second-order valence-corrected chi connectivity index (χ2v) is 7.42. The Kier molecular flexibility index (Phi) is 4.93. The molecule has 2 rings (SSSR count). The summed E-state index contributed by atoms with van der Waals surface area (Å²) in [5.74, 6) is -0.289. The molecule has 5 heteroatoms. The van der Waals surface area contributed by atoms with E-state index in [1.165, 1.54) is 0 Å². The number of rotatable bonds is 5. The van der Waals surface area contributed by atoms with E-state index in [1.54, 1.807) is 0 Å². The summed E-state index contributed by atoms with van der Waals surface area (Å²) in [6.45, 7) is 12.0. The van der Waals surface area contributed by atoms with Crippen molar-refractivity contribution in [3.8, 4) is 0 Å². The van der Waals surface area contributed by atoms with Crippen LogP contribution in [-0.2, 0) is 25.4 Å². The molecule has 23 heavy (non-hydrogen) atoms. The molecular formula is C18H27BO4. The number of carbonyl (C=O) groups excluding carboxylic acids is 1. The first-order valence-electron chi connectivity index (χ1n) is 8.19. The molecule has 0 radical (unpaired) electrons. The third kappa shape index (κ3) is 3.46. The second kappa shape index (κ2) is 6.29. The Hall–Kier alpha value is -1.33. The van der Waals surface area contributed by atoms with Gasteiger partial charge in [0.05, 0.1) is 11.2 Å². The Morgan fingerprint density at radius 2 is 1.65 bits per heavy atom. The van der Waals surface area contributed by atoms with E-state index < -0.39 is 23.6 Å². The van der Waals surface area contributed by atoms with Crippen LogP contribution in [0.25, 0.3) is 0 Å². The lowest BCUT2D eigenvalue weighted by Crippen LogP contribution is -2.41. The average Bonchev–Trinajstić information content (AvgIpc) is 2.73. The molecule has 1 atom stereocenters. The van der Waals surface area contributed by atoms with E-state index in [1.807, 2.05) is 71.9 Å². The van der Waals surface area contributed by atoms with E-state index in [9.17, 15) is 4.79 Å². The van der Waals surface area contributed by atoms with Crippen LogP contribution >= 0.6 is 0 Å². The van der Waals surface area contributed by atoms with Gasteiger partial charge in [0.25, 0.3) is 0 Å². The highest BCUT2D eigenvalue weighted by Gasteiger charge is 2.60. The number of hydrogen-bond acceptors (Lipinski definition) is 4. The van der Waals surface area contributed by atoms with E-state index in [2.05, 4.69) is 0 Å². The van der Waals surface area contributed by atoms with Crippen molar-refractivity contribution in [2.75, 3.05) is 0 Å². The molecule has 0 saturated carbocycles. The van der Waals surface area contributed by atoms with E-state index >= 15 is 0 Å². The molecule has 1 aromatic rings. The fraction of sp³-hybridized carbons (Fsp3) is 0.611. The van der Waals surface area contributed by atoms with Gasteiger partial charge in [-0.05, 0) is 39.7 Å². The van der Waals surface area contributed by atoms with Crippen LogP contribution in [0.1, 0.15) is 53.5 Å². The molecular weight excluding hydrogens is 291 g/mol. The minimum absolute atomic E-state index is 0.259. The van der Waals surface area contributed by atoms with Gasteiger partial charge in [-0.3, -0.25) is 4.79 Å². The normalized spacial score (nSPS) is 21.7. The van der Waals surface area contributed by atoms with Gasteiger partial charge >= 0.3 is 13.1 Å². The standard InChI is InChI=1S/C18H27BO4/c1-7-18(6,19-22-16(2,3)17(4,5)23-19)15(20)21-13-14-11-9-8-10-12-14/h8-12H,7,13H2,1-6H3. The summed E-state index contributed by atoms with van der Waals surface area (Å²) >= 11 is 0. The number of benzene rings is 1. The topological polar surface area (TPSA) is 44.8 Å². The molecule has 126 valence electrons. The molecule has 1 unspecified atom stereocenters. The average molecular weight is 318 g/mol. The summed E-state index contributed by atoms with van der Waals surface area (Å²) in [7, 11) is -0.610. The van der Waals surface area contributed by atoms with Crippen LogP contribution in [0.3, 0.4) is 0 Å². The third-order valence-electron chi connectivity index (χ3n) is 5.19. The Morgan fingerprint density at radius 3 is 2.13 bits per heavy atom. The van der Waals surface area contributed by atoms with Crippen LogP contribution in [0.5, 0.6) is 0 Å². The van der Waals surface area contributed by atoms with Crippen molar-refractivity contribution < 1.29 is 18.8 Å². The van der Waals surface area contributed by atoms with E-state index in [0.29, 0.717) is 6.42 Å². The van der Waals surface area contributed by atoms with Gasteiger partial charge in [0, 0.05) is 0 Å². The van der Waals surface area contributed by atoms with Crippen LogP contribution in [0, 0.1) is 0 Å². The summed E-state index contributed by atoms with van der Waals surface area (Å²) in [4.78, 5) is 12.7. The van der Waals surface area contributed by atoms with Gasteiger partial charge in [-0.25, -0.2) is 0 Å². The fourth-order valence-corrected chi connectivity index (χ4v) is 2.40. The first-order valence-corrected chi connectivity index (χ1v) is 8.19. The maximum absolute atomic E-state index is 12.7. The number of carbonyl (C=O) groups is 1. The molecule has 0 aliphatic carbocycles. The first-order chi connectivity index (χ1) is 10.6. The molecule has 4 nitrogen and oxygen atoms in total. The van der Waals surface area contributed by atoms with Gasteiger partial charge < -0.3 is 14.0 Å². The quantitative estimate of drug-likeness (QED) is 0.608. The lowest BCUT2D eigenvalue weighted by molar-refractivity contribution is -0.149. The predicted octanol–water partition coefficient (Wildman–Crippen LogP) is 3.99. The monoisotopic (exact) mass is 318 g/mol. The minimum atomic E-state index is -0.834. The molecule has 1 fully saturated rings. The molecule has 0 N–H and O–H groups in total. The highest BCUT2D eigenvalue weighted by atomic mass is 16.7. The molecule has 0 aromatic heterocycles. The zero-order chi connectivity index (χ0) is 17.3. The van der Waals surface area contributed by atoms with Crippen molar-refractivity contribution in [3.05, 3.63) is 35.9 Å². The van der Waals surface area contributed by atoms with Gasteiger partial charge in [0.1, 0.15) is 11.9 Å². The van der Waals surface area contributed by atoms with Crippen molar-refractivity contribution in [2.24, 2.45) is 0 Å². The van der Waals surface area contributed by atoms with E-state index in [-0.39, 0.29) is 12.6 Å². The lowest BCUT2D eigenvalue weighted by Gasteiger charge is -2.32. The van der Waals surface area contributed by atoms with Crippen molar-refractivity contribution in [2.45, 2.75) is 71.1 Å². The maximum atomic E-state index is 12.7. The van der Waals surface area contributed by atoms with Gasteiger partial charge in [-0.15, -0.1) is 0 Å². The van der Waals surface area contributed by atoms with Crippen LogP contribution in [0.2, 0.25) is 5.31 Å².